The van der Waals surface area contributed by atoms with Gasteiger partial charge >= 0.3 is 11.7 Å². The van der Waals surface area contributed by atoms with Crippen LogP contribution in [0.2, 0.25) is 0 Å². The average Bonchev–Trinajstić information content (AvgIpc) is 2.57. The van der Waals surface area contributed by atoms with Crippen LogP contribution < -0.4 is 5.69 Å². The summed E-state index contributed by atoms with van der Waals surface area (Å²) in [5, 5.41) is 9.02. The van der Waals surface area contributed by atoms with Gasteiger partial charge in [-0.3, -0.25) is 4.79 Å². The van der Waals surface area contributed by atoms with Crippen molar-refractivity contribution in [2.75, 3.05) is 0 Å². The Morgan fingerprint density at radius 1 is 1.38 bits per heavy atom. The number of fused-ring (bicyclic) bond motifs is 1. The number of carboxylic acid groups (broad SMARTS) is 1. The van der Waals surface area contributed by atoms with Gasteiger partial charge in [0.15, 0.2) is 0 Å². The molecule has 0 aliphatic heterocycles. The number of benzene rings is 1. The molecule has 0 aliphatic rings. The maximum atomic E-state index is 11.0. The smallest absolute Gasteiger partial charge is 0.323 e. The van der Waals surface area contributed by atoms with E-state index in [2.05, 4.69) is 9.97 Å². The first-order valence-electron chi connectivity index (χ1n) is 5.06. The molecule has 2 aromatic rings. The number of rotatable bonds is 3. The van der Waals surface area contributed by atoms with Crippen LogP contribution in [0.5, 0.6) is 0 Å². The highest BCUT2D eigenvalue weighted by atomic mass is 16.4. The Balaban J connectivity index is 2.53. The lowest BCUT2D eigenvalue weighted by atomic mass is 9.96. The number of aliphatic carboxylic acids is 1. The molecule has 0 spiro atoms. The van der Waals surface area contributed by atoms with Gasteiger partial charge in [-0.05, 0) is 24.1 Å². The summed E-state index contributed by atoms with van der Waals surface area (Å²) in [6.45, 7) is 1.82. The third kappa shape index (κ3) is 1.71. The fraction of sp³-hybridized carbons (Fsp3) is 0.273. The van der Waals surface area contributed by atoms with Gasteiger partial charge in [-0.2, -0.15) is 0 Å². The Morgan fingerprint density at radius 2 is 2.06 bits per heavy atom. The normalized spacial score (nSPS) is 12.8. The number of carbonyl (C=O) groups is 1. The van der Waals surface area contributed by atoms with Crippen LogP contribution in [0.25, 0.3) is 11.0 Å². The van der Waals surface area contributed by atoms with Crippen molar-refractivity contribution in [3.05, 3.63) is 34.2 Å². The number of imidazole rings is 1. The number of H-pyrrole nitrogens is 2. The quantitative estimate of drug-likeness (QED) is 0.731. The average molecular weight is 220 g/mol. The molecule has 0 radical (unpaired) electrons. The highest BCUT2D eigenvalue weighted by molar-refractivity contribution is 5.80. The molecule has 5 heteroatoms. The maximum absolute atomic E-state index is 11.0. The second-order valence-corrected chi connectivity index (χ2v) is 3.68. The zero-order chi connectivity index (χ0) is 11.7. The standard InChI is InChI=1S/C11H12N2O3/c1-2-7(10(14)15)6-3-4-8-9(5-6)13-11(16)12-8/h3-5,7H,2H2,1H3,(H,14,15)(H2,12,13,16). The third-order valence-electron chi connectivity index (χ3n) is 2.65. The minimum absolute atomic E-state index is 0.282. The molecule has 0 fully saturated rings. The van der Waals surface area contributed by atoms with Crippen LogP contribution in [0.4, 0.5) is 0 Å². The summed E-state index contributed by atoms with van der Waals surface area (Å²) in [6.07, 6.45) is 0.523. The molecule has 5 nitrogen and oxygen atoms in total. The van der Waals surface area contributed by atoms with Crippen LogP contribution in [0.1, 0.15) is 24.8 Å². The van der Waals surface area contributed by atoms with Gasteiger partial charge in [0.05, 0.1) is 17.0 Å². The Labute approximate surface area is 91.1 Å². The Hall–Kier alpha value is -2.04. The monoisotopic (exact) mass is 220 g/mol. The van der Waals surface area contributed by atoms with E-state index >= 15 is 0 Å². The largest absolute Gasteiger partial charge is 0.481 e. The second-order valence-electron chi connectivity index (χ2n) is 3.68. The van der Waals surface area contributed by atoms with Gasteiger partial charge in [-0.15, -0.1) is 0 Å². The third-order valence-corrected chi connectivity index (χ3v) is 2.65. The van der Waals surface area contributed by atoms with Crippen LogP contribution in [0, 0.1) is 0 Å². The predicted molar refractivity (Wildman–Crippen MR) is 59.6 cm³/mol. The first kappa shape index (κ1) is 10.5. The maximum Gasteiger partial charge on any atom is 0.323 e. The van der Waals surface area contributed by atoms with Crippen molar-refractivity contribution in [3.63, 3.8) is 0 Å². The molecular weight excluding hydrogens is 208 g/mol. The van der Waals surface area contributed by atoms with Gasteiger partial charge in [0.2, 0.25) is 0 Å². The highest BCUT2D eigenvalue weighted by Gasteiger charge is 2.17. The van der Waals surface area contributed by atoms with E-state index in [4.69, 9.17) is 5.11 Å². The predicted octanol–water partition coefficient (Wildman–Crippen LogP) is 1.43. The second kappa shape index (κ2) is 3.84. The molecule has 0 amide bonds. The highest BCUT2D eigenvalue weighted by Crippen LogP contribution is 2.22. The van der Waals surface area contributed by atoms with Crippen molar-refractivity contribution < 1.29 is 9.90 Å². The molecule has 1 heterocycles. The summed E-state index contributed by atoms with van der Waals surface area (Å²) < 4.78 is 0. The van der Waals surface area contributed by atoms with E-state index in [1.165, 1.54) is 0 Å². The zero-order valence-electron chi connectivity index (χ0n) is 8.78. The number of nitrogens with one attached hydrogen (secondary N) is 2. The number of hydrogen-bond donors (Lipinski definition) is 3. The van der Waals surface area contributed by atoms with E-state index in [0.29, 0.717) is 23.0 Å². The molecule has 2 rings (SSSR count). The van der Waals surface area contributed by atoms with E-state index < -0.39 is 11.9 Å². The number of hydrogen-bond acceptors (Lipinski definition) is 2. The van der Waals surface area contributed by atoms with Crippen molar-refractivity contribution in [1.29, 1.82) is 0 Å². The van der Waals surface area contributed by atoms with Gasteiger partial charge < -0.3 is 15.1 Å². The first-order valence-corrected chi connectivity index (χ1v) is 5.06. The molecule has 84 valence electrons. The molecule has 1 atom stereocenters. The van der Waals surface area contributed by atoms with Crippen LogP contribution in [0.15, 0.2) is 23.0 Å². The van der Waals surface area contributed by atoms with E-state index in [9.17, 15) is 9.59 Å². The summed E-state index contributed by atoms with van der Waals surface area (Å²) in [7, 11) is 0. The Morgan fingerprint density at radius 3 is 2.69 bits per heavy atom. The molecule has 0 bridgehead atoms. The van der Waals surface area contributed by atoms with Gasteiger partial charge in [0, 0.05) is 0 Å². The van der Waals surface area contributed by atoms with E-state index in [0.717, 1.165) is 0 Å². The summed E-state index contributed by atoms with van der Waals surface area (Å²) in [5.41, 5.74) is 1.75. The van der Waals surface area contributed by atoms with Gasteiger partial charge in [0.25, 0.3) is 0 Å². The van der Waals surface area contributed by atoms with Crippen LogP contribution in [0.3, 0.4) is 0 Å². The lowest BCUT2D eigenvalue weighted by molar-refractivity contribution is -0.138. The SMILES string of the molecule is CCC(C(=O)O)c1ccc2[nH]c(=O)[nH]c2c1. The molecule has 16 heavy (non-hydrogen) atoms. The van der Waals surface area contributed by atoms with Crippen molar-refractivity contribution in [2.24, 2.45) is 0 Å². The van der Waals surface area contributed by atoms with Crippen molar-refractivity contribution in [2.45, 2.75) is 19.3 Å². The summed E-state index contributed by atoms with van der Waals surface area (Å²) in [6, 6.07) is 5.15. The van der Waals surface area contributed by atoms with E-state index in [-0.39, 0.29) is 5.69 Å². The van der Waals surface area contributed by atoms with Gasteiger partial charge in [0.1, 0.15) is 0 Å². The zero-order valence-corrected chi connectivity index (χ0v) is 8.78. The summed E-state index contributed by atoms with van der Waals surface area (Å²) in [4.78, 5) is 27.3. The van der Waals surface area contributed by atoms with Crippen molar-refractivity contribution >= 4 is 17.0 Å². The van der Waals surface area contributed by atoms with Gasteiger partial charge in [-0.25, -0.2) is 4.79 Å². The van der Waals surface area contributed by atoms with Crippen LogP contribution in [-0.2, 0) is 4.79 Å². The van der Waals surface area contributed by atoms with E-state index in [1.807, 2.05) is 6.92 Å². The van der Waals surface area contributed by atoms with Crippen LogP contribution >= 0.6 is 0 Å². The molecule has 3 N–H and O–H groups in total. The minimum atomic E-state index is -0.847. The fourth-order valence-corrected chi connectivity index (χ4v) is 1.82. The first-order chi connectivity index (χ1) is 7.61. The van der Waals surface area contributed by atoms with Gasteiger partial charge in [-0.1, -0.05) is 13.0 Å². The van der Waals surface area contributed by atoms with Crippen molar-refractivity contribution in [1.82, 2.24) is 9.97 Å². The summed E-state index contributed by atoms with van der Waals surface area (Å²) in [5.74, 6) is -1.37. The summed E-state index contributed by atoms with van der Waals surface area (Å²) >= 11 is 0. The minimum Gasteiger partial charge on any atom is -0.481 e. The molecule has 1 aromatic carbocycles. The Bertz CT molecular complexity index is 582. The molecule has 0 saturated carbocycles. The van der Waals surface area contributed by atoms with E-state index in [1.54, 1.807) is 18.2 Å². The van der Waals surface area contributed by atoms with Crippen LogP contribution in [-0.4, -0.2) is 21.0 Å². The number of aromatic amines is 2. The molecule has 1 unspecified atom stereocenters. The molecule has 0 saturated heterocycles. The molecule has 1 aromatic heterocycles. The topological polar surface area (TPSA) is 85.9 Å². The number of aromatic nitrogens is 2. The lowest BCUT2D eigenvalue weighted by Crippen LogP contribution is -2.10. The molecule has 0 aliphatic carbocycles. The lowest BCUT2D eigenvalue weighted by Gasteiger charge is -2.09. The van der Waals surface area contributed by atoms with Crippen molar-refractivity contribution in [3.8, 4) is 0 Å². The number of carboxylic acids is 1. The Kier molecular flexibility index (Phi) is 2.52. The molecular formula is C11H12N2O3. The fourth-order valence-electron chi connectivity index (χ4n) is 1.82.